The minimum absolute atomic E-state index is 0.00858. The standard InChI is InChI=1S/C10H16N4O4S/c1-2-3-13-19(17,18)14-5-8-7(11-6-12-8)4-9(14)10(15)16/h6,9,13H,2-5H2,1H3,(H,11,12)(H,15,16). The van der Waals surface area contributed by atoms with Crippen LogP contribution in [0, 0.1) is 0 Å². The molecule has 1 unspecified atom stereocenters. The fourth-order valence-electron chi connectivity index (χ4n) is 1.99. The van der Waals surface area contributed by atoms with Gasteiger partial charge in [0, 0.05) is 13.0 Å². The van der Waals surface area contributed by atoms with E-state index in [9.17, 15) is 18.3 Å². The second kappa shape index (κ2) is 5.27. The van der Waals surface area contributed by atoms with Crippen molar-refractivity contribution in [1.29, 1.82) is 0 Å². The lowest BCUT2D eigenvalue weighted by atomic mass is 10.1. The molecule has 1 aliphatic rings. The number of imidazole rings is 1. The summed E-state index contributed by atoms with van der Waals surface area (Å²) in [5, 5.41) is 9.19. The van der Waals surface area contributed by atoms with E-state index in [0.29, 0.717) is 17.8 Å². The van der Waals surface area contributed by atoms with Gasteiger partial charge in [-0.15, -0.1) is 0 Å². The molecule has 1 aliphatic heterocycles. The fourth-order valence-corrected chi connectivity index (χ4v) is 3.42. The van der Waals surface area contributed by atoms with Crippen LogP contribution in [-0.2, 0) is 28.0 Å². The van der Waals surface area contributed by atoms with Gasteiger partial charge in [-0.1, -0.05) is 6.92 Å². The van der Waals surface area contributed by atoms with Gasteiger partial charge in [-0.3, -0.25) is 4.79 Å². The number of hydrogen-bond acceptors (Lipinski definition) is 4. The van der Waals surface area contributed by atoms with Gasteiger partial charge in [0.05, 0.1) is 24.3 Å². The zero-order chi connectivity index (χ0) is 14.0. The summed E-state index contributed by atoms with van der Waals surface area (Å²) in [6.07, 6.45) is 2.15. The topological polar surface area (TPSA) is 115 Å². The van der Waals surface area contributed by atoms with Gasteiger partial charge < -0.3 is 10.1 Å². The summed E-state index contributed by atoms with van der Waals surface area (Å²) >= 11 is 0. The first-order valence-corrected chi connectivity index (χ1v) is 7.40. The van der Waals surface area contributed by atoms with Crippen LogP contribution in [0.3, 0.4) is 0 Å². The Morgan fingerprint density at radius 3 is 3.05 bits per heavy atom. The molecule has 0 amide bonds. The highest BCUT2D eigenvalue weighted by Crippen LogP contribution is 2.23. The van der Waals surface area contributed by atoms with Gasteiger partial charge in [0.25, 0.3) is 10.2 Å². The van der Waals surface area contributed by atoms with E-state index in [1.54, 1.807) is 0 Å². The van der Waals surface area contributed by atoms with Crippen LogP contribution in [0.4, 0.5) is 0 Å². The number of aliphatic carboxylic acids is 1. The lowest BCUT2D eigenvalue weighted by Gasteiger charge is -2.31. The highest BCUT2D eigenvalue weighted by Gasteiger charge is 2.39. The molecule has 0 saturated heterocycles. The third-order valence-corrected chi connectivity index (χ3v) is 4.55. The van der Waals surface area contributed by atoms with Crippen LogP contribution in [0.1, 0.15) is 24.7 Å². The molecule has 0 spiro atoms. The highest BCUT2D eigenvalue weighted by atomic mass is 32.2. The summed E-state index contributed by atoms with van der Waals surface area (Å²) in [6, 6.07) is -1.12. The molecule has 8 nitrogen and oxygen atoms in total. The van der Waals surface area contributed by atoms with Crippen molar-refractivity contribution in [3.05, 3.63) is 17.7 Å². The third kappa shape index (κ3) is 2.77. The van der Waals surface area contributed by atoms with Gasteiger partial charge in [0.15, 0.2) is 0 Å². The zero-order valence-electron chi connectivity index (χ0n) is 10.5. The van der Waals surface area contributed by atoms with Crippen molar-refractivity contribution >= 4 is 16.2 Å². The fraction of sp³-hybridized carbons (Fsp3) is 0.600. The molecule has 0 bridgehead atoms. The van der Waals surface area contributed by atoms with Crippen LogP contribution in [0.25, 0.3) is 0 Å². The lowest BCUT2D eigenvalue weighted by Crippen LogP contribution is -2.52. The molecule has 9 heteroatoms. The second-order valence-corrected chi connectivity index (χ2v) is 6.04. The van der Waals surface area contributed by atoms with Gasteiger partial charge in [0.1, 0.15) is 6.04 Å². The lowest BCUT2D eigenvalue weighted by molar-refractivity contribution is -0.141. The molecule has 3 N–H and O–H groups in total. The number of carbonyl (C=O) groups is 1. The van der Waals surface area contributed by atoms with E-state index in [-0.39, 0.29) is 19.5 Å². The molecule has 0 saturated carbocycles. The van der Waals surface area contributed by atoms with Gasteiger partial charge >= 0.3 is 5.97 Å². The van der Waals surface area contributed by atoms with Gasteiger partial charge in [-0.05, 0) is 6.42 Å². The Balaban J connectivity index is 2.29. The van der Waals surface area contributed by atoms with Crippen LogP contribution in [0.5, 0.6) is 0 Å². The van der Waals surface area contributed by atoms with E-state index in [1.165, 1.54) is 6.33 Å². The Hall–Kier alpha value is -1.45. The Kier molecular flexibility index (Phi) is 3.88. The van der Waals surface area contributed by atoms with Crippen molar-refractivity contribution in [1.82, 2.24) is 19.0 Å². The predicted octanol–water partition coefficient (Wildman–Crippen LogP) is -0.535. The van der Waals surface area contributed by atoms with Crippen molar-refractivity contribution in [2.45, 2.75) is 32.4 Å². The first kappa shape index (κ1) is 14.0. The van der Waals surface area contributed by atoms with Crippen molar-refractivity contribution < 1.29 is 18.3 Å². The number of hydrogen-bond donors (Lipinski definition) is 3. The number of carboxylic acids is 1. The summed E-state index contributed by atoms with van der Waals surface area (Å²) < 4.78 is 27.6. The first-order chi connectivity index (χ1) is 8.95. The Labute approximate surface area is 111 Å². The molecule has 0 aliphatic carbocycles. The number of carboxylic acid groups (broad SMARTS) is 1. The Bertz CT molecular complexity index is 568. The third-order valence-electron chi connectivity index (χ3n) is 2.98. The number of nitrogens with one attached hydrogen (secondary N) is 2. The number of nitrogens with zero attached hydrogens (tertiary/aromatic N) is 2. The Morgan fingerprint density at radius 1 is 1.68 bits per heavy atom. The van der Waals surface area contributed by atoms with Crippen LogP contribution >= 0.6 is 0 Å². The van der Waals surface area contributed by atoms with Crippen LogP contribution < -0.4 is 4.72 Å². The maximum Gasteiger partial charge on any atom is 0.322 e. The van der Waals surface area contributed by atoms with Crippen molar-refractivity contribution in [3.8, 4) is 0 Å². The highest BCUT2D eigenvalue weighted by molar-refractivity contribution is 7.87. The number of aromatic nitrogens is 2. The molecule has 2 heterocycles. The molecule has 0 radical (unpaired) electrons. The molecule has 0 aromatic carbocycles. The van der Waals surface area contributed by atoms with Gasteiger partial charge in [-0.2, -0.15) is 12.7 Å². The van der Waals surface area contributed by atoms with Crippen molar-refractivity contribution in [2.75, 3.05) is 6.54 Å². The summed E-state index contributed by atoms with van der Waals surface area (Å²) in [5.41, 5.74) is 1.24. The molecule has 1 atom stereocenters. The molecule has 1 aromatic heterocycles. The molecule has 2 rings (SSSR count). The maximum absolute atomic E-state index is 12.1. The molecule has 0 fully saturated rings. The molecule has 1 aromatic rings. The number of H-pyrrole nitrogens is 1. The van der Waals surface area contributed by atoms with Crippen molar-refractivity contribution in [3.63, 3.8) is 0 Å². The average molecular weight is 288 g/mol. The number of aromatic amines is 1. The monoisotopic (exact) mass is 288 g/mol. The first-order valence-electron chi connectivity index (χ1n) is 5.96. The second-order valence-electron chi connectivity index (χ2n) is 4.33. The van der Waals surface area contributed by atoms with Crippen LogP contribution in [0.2, 0.25) is 0 Å². The van der Waals surface area contributed by atoms with E-state index in [1.807, 2.05) is 6.92 Å². The number of fused-ring (bicyclic) bond motifs is 1. The quantitative estimate of drug-likeness (QED) is 0.673. The maximum atomic E-state index is 12.1. The largest absolute Gasteiger partial charge is 0.480 e. The summed E-state index contributed by atoms with van der Waals surface area (Å²) in [6.45, 7) is 2.10. The van der Waals surface area contributed by atoms with Crippen LogP contribution in [0.15, 0.2) is 6.33 Å². The average Bonchev–Trinajstić information content (AvgIpc) is 2.82. The molecular weight excluding hydrogens is 272 g/mol. The summed E-state index contributed by atoms with van der Waals surface area (Å²) in [7, 11) is -3.81. The van der Waals surface area contributed by atoms with E-state index >= 15 is 0 Å². The molecule has 106 valence electrons. The van der Waals surface area contributed by atoms with Crippen LogP contribution in [-0.4, -0.2) is 46.4 Å². The van der Waals surface area contributed by atoms with E-state index < -0.39 is 22.2 Å². The minimum atomic E-state index is -3.81. The SMILES string of the molecule is CCCNS(=O)(=O)N1Cc2[nH]cnc2CC1C(=O)O. The van der Waals surface area contributed by atoms with Crippen molar-refractivity contribution in [2.24, 2.45) is 0 Å². The zero-order valence-corrected chi connectivity index (χ0v) is 11.3. The number of rotatable bonds is 5. The summed E-state index contributed by atoms with van der Waals surface area (Å²) in [5.74, 6) is -1.17. The summed E-state index contributed by atoms with van der Waals surface area (Å²) in [4.78, 5) is 18.1. The minimum Gasteiger partial charge on any atom is -0.480 e. The van der Waals surface area contributed by atoms with E-state index in [4.69, 9.17) is 0 Å². The van der Waals surface area contributed by atoms with E-state index in [0.717, 1.165) is 4.31 Å². The smallest absolute Gasteiger partial charge is 0.322 e. The molecule has 19 heavy (non-hydrogen) atoms. The normalized spacial score (nSPS) is 20.2. The van der Waals surface area contributed by atoms with E-state index in [2.05, 4.69) is 14.7 Å². The van der Waals surface area contributed by atoms with Gasteiger partial charge in [-0.25, -0.2) is 9.71 Å². The Morgan fingerprint density at radius 2 is 2.42 bits per heavy atom. The van der Waals surface area contributed by atoms with Gasteiger partial charge in [0.2, 0.25) is 0 Å². The molecular formula is C10H16N4O4S. The predicted molar refractivity (Wildman–Crippen MR) is 66.5 cm³/mol.